The predicted octanol–water partition coefficient (Wildman–Crippen LogP) is 1.72. The van der Waals surface area contributed by atoms with E-state index in [0.717, 1.165) is 19.5 Å². The minimum atomic E-state index is 0.649. The van der Waals surface area contributed by atoms with Gasteiger partial charge in [-0.3, -0.25) is 4.98 Å². The van der Waals surface area contributed by atoms with Crippen LogP contribution in [0.5, 0.6) is 0 Å². The number of aromatic nitrogens is 1. The number of hydrogen-bond donors (Lipinski definition) is 1. The van der Waals surface area contributed by atoms with Crippen LogP contribution in [-0.2, 0) is 6.42 Å². The molecule has 0 aromatic carbocycles. The Labute approximate surface area is 79.4 Å². The average Bonchev–Trinajstić information content (AvgIpc) is 2.70. The van der Waals surface area contributed by atoms with E-state index in [-0.39, 0.29) is 0 Å². The van der Waals surface area contributed by atoms with Gasteiger partial charge in [0.25, 0.3) is 0 Å². The Balaban J connectivity index is 2.26. The number of nitrogens with one attached hydrogen (secondary N) is 1. The minimum Gasteiger partial charge on any atom is -0.316 e. The van der Waals surface area contributed by atoms with Crippen LogP contribution >= 0.6 is 0 Å². The van der Waals surface area contributed by atoms with Gasteiger partial charge in [-0.1, -0.05) is 13.0 Å². The molecule has 0 spiro atoms. The summed E-state index contributed by atoms with van der Waals surface area (Å²) in [7, 11) is 0. The molecule has 0 bridgehead atoms. The van der Waals surface area contributed by atoms with Crippen molar-refractivity contribution in [2.75, 3.05) is 13.1 Å². The monoisotopic (exact) mass is 176 g/mol. The van der Waals surface area contributed by atoms with Crippen molar-refractivity contribution >= 4 is 0 Å². The van der Waals surface area contributed by atoms with E-state index in [1.807, 2.05) is 12.3 Å². The molecule has 70 valence electrons. The Hall–Kier alpha value is -0.890. The second kappa shape index (κ2) is 3.88. The SMILES string of the molecule is CCc1cccnc1C1CCNC1. The van der Waals surface area contributed by atoms with Crippen molar-refractivity contribution in [2.24, 2.45) is 0 Å². The first kappa shape index (κ1) is 8.70. The highest BCUT2D eigenvalue weighted by molar-refractivity contribution is 5.24. The lowest BCUT2D eigenvalue weighted by Gasteiger charge is -2.11. The Kier molecular flexibility index (Phi) is 2.60. The zero-order chi connectivity index (χ0) is 9.10. The highest BCUT2D eigenvalue weighted by atomic mass is 14.9. The van der Waals surface area contributed by atoms with Crippen LogP contribution in [0.1, 0.15) is 30.5 Å². The second-order valence-electron chi connectivity index (χ2n) is 3.59. The van der Waals surface area contributed by atoms with Crippen LogP contribution in [0.2, 0.25) is 0 Å². The van der Waals surface area contributed by atoms with Crippen LogP contribution in [0.3, 0.4) is 0 Å². The fourth-order valence-electron chi connectivity index (χ4n) is 2.01. The van der Waals surface area contributed by atoms with Gasteiger partial charge in [-0.25, -0.2) is 0 Å². The van der Waals surface area contributed by atoms with Gasteiger partial charge in [0.1, 0.15) is 0 Å². The van der Waals surface area contributed by atoms with Crippen LogP contribution in [0, 0.1) is 0 Å². The summed E-state index contributed by atoms with van der Waals surface area (Å²) in [4.78, 5) is 4.49. The first-order valence-corrected chi connectivity index (χ1v) is 5.06. The van der Waals surface area contributed by atoms with Gasteiger partial charge in [-0.2, -0.15) is 0 Å². The molecule has 0 amide bonds. The Bertz CT molecular complexity index is 277. The molecule has 0 saturated carbocycles. The van der Waals surface area contributed by atoms with Crippen molar-refractivity contribution in [3.8, 4) is 0 Å². The van der Waals surface area contributed by atoms with E-state index in [4.69, 9.17) is 0 Å². The summed E-state index contributed by atoms with van der Waals surface area (Å²) in [5, 5.41) is 3.38. The summed E-state index contributed by atoms with van der Waals surface area (Å²) >= 11 is 0. The Morgan fingerprint density at radius 2 is 2.54 bits per heavy atom. The van der Waals surface area contributed by atoms with E-state index in [2.05, 4.69) is 23.3 Å². The summed E-state index contributed by atoms with van der Waals surface area (Å²) < 4.78 is 0. The smallest absolute Gasteiger partial charge is 0.0479 e. The number of aryl methyl sites for hydroxylation is 1. The second-order valence-corrected chi connectivity index (χ2v) is 3.59. The van der Waals surface area contributed by atoms with E-state index in [9.17, 15) is 0 Å². The number of pyridine rings is 1. The molecule has 1 fully saturated rings. The van der Waals surface area contributed by atoms with Crippen molar-refractivity contribution in [2.45, 2.75) is 25.7 Å². The predicted molar refractivity (Wildman–Crippen MR) is 53.8 cm³/mol. The summed E-state index contributed by atoms with van der Waals surface area (Å²) in [5.74, 6) is 0.649. The standard InChI is InChI=1S/C11H16N2/c1-2-9-4-3-6-13-11(9)10-5-7-12-8-10/h3-4,6,10,12H,2,5,7-8H2,1H3. The number of rotatable bonds is 2. The van der Waals surface area contributed by atoms with Crippen molar-refractivity contribution in [3.63, 3.8) is 0 Å². The van der Waals surface area contributed by atoms with E-state index in [0.29, 0.717) is 5.92 Å². The molecule has 1 aliphatic heterocycles. The van der Waals surface area contributed by atoms with Crippen LogP contribution in [0.25, 0.3) is 0 Å². The third kappa shape index (κ3) is 1.73. The van der Waals surface area contributed by atoms with Crippen molar-refractivity contribution in [1.29, 1.82) is 0 Å². The van der Waals surface area contributed by atoms with Gasteiger partial charge in [0.2, 0.25) is 0 Å². The molecule has 2 heterocycles. The molecule has 2 heteroatoms. The molecule has 1 aromatic rings. The zero-order valence-corrected chi connectivity index (χ0v) is 8.09. The number of nitrogens with zero attached hydrogens (tertiary/aromatic N) is 1. The first-order valence-electron chi connectivity index (χ1n) is 5.06. The summed E-state index contributed by atoms with van der Waals surface area (Å²) in [6.07, 6.45) is 4.25. The van der Waals surface area contributed by atoms with Crippen molar-refractivity contribution in [1.82, 2.24) is 10.3 Å². The molecule has 2 rings (SSSR count). The largest absolute Gasteiger partial charge is 0.316 e. The number of hydrogen-bond acceptors (Lipinski definition) is 2. The van der Waals surface area contributed by atoms with Crippen LogP contribution in [-0.4, -0.2) is 18.1 Å². The quantitative estimate of drug-likeness (QED) is 0.742. The minimum absolute atomic E-state index is 0.649. The Morgan fingerprint density at radius 3 is 3.23 bits per heavy atom. The van der Waals surface area contributed by atoms with E-state index in [1.54, 1.807) is 0 Å². The third-order valence-electron chi connectivity index (χ3n) is 2.75. The van der Waals surface area contributed by atoms with Gasteiger partial charge in [0, 0.05) is 24.4 Å². The van der Waals surface area contributed by atoms with Crippen molar-refractivity contribution in [3.05, 3.63) is 29.6 Å². The molecule has 1 unspecified atom stereocenters. The van der Waals surface area contributed by atoms with Gasteiger partial charge in [-0.05, 0) is 31.0 Å². The summed E-state index contributed by atoms with van der Waals surface area (Å²) in [5.41, 5.74) is 2.73. The van der Waals surface area contributed by atoms with Gasteiger partial charge in [0.15, 0.2) is 0 Å². The average molecular weight is 176 g/mol. The first-order chi connectivity index (χ1) is 6.42. The molecule has 0 aliphatic carbocycles. The fraction of sp³-hybridized carbons (Fsp3) is 0.545. The van der Waals surface area contributed by atoms with Gasteiger partial charge < -0.3 is 5.32 Å². The normalized spacial score (nSPS) is 22.1. The Morgan fingerprint density at radius 1 is 1.62 bits per heavy atom. The maximum atomic E-state index is 4.49. The lowest BCUT2D eigenvalue weighted by atomic mass is 9.98. The van der Waals surface area contributed by atoms with E-state index in [1.165, 1.54) is 17.7 Å². The van der Waals surface area contributed by atoms with Crippen molar-refractivity contribution < 1.29 is 0 Å². The lowest BCUT2D eigenvalue weighted by molar-refractivity contribution is 0.721. The zero-order valence-electron chi connectivity index (χ0n) is 8.09. The molecule has 13 heavy (non-hydrogen) atoms. The maximum Gasteiger partial charge on any atom is 0.0479 e. The summed E-state index contributed by atoms with van der Waals surface area (Å²) in [6, 6.07) is 4.23. The molecule has 1 aromatic heterocycles. The van der Waals surface area contributed by atoms with E-state index >= 15 is 0 Å². The van der Waals surface area contributed by atoms with Crippen LogP contribution in [0.4, 0.5) is 0 Å². The molecule has 1 aliphatic rings. The van der Waals surface area contributed by atoms with Gasteiger partial charge in [0.05, 0.1) is 0 Å². The highest BCUT2D eigenvalue weighted by Gasteiger charge is 2.19. The molecule has 1 saturated heterocycles. The van der Waals surface area contributed by atoms with Crippen LogP contribution in [0.15, 0.2) is 18.3 Å². The third-order valence-corrected chi connectivity index (χ3v) is 2.75. The highest BCUT2D eigenvalue weighted by Crippen LogP contribution is 2.23. The molecule has 1 N–H and O–H groups in total. The fourth-order valence-corrected chi connectivity index (χ4v) is 2.01. The topological polar surface area (TPSA) is 24.9 Å². The van der Waals surface area contributed by atoms with Crippen LogP contribution < -0.4 is 5.32 Å². The maximum absolute atomic E-state index is 4.49. The lowest BCUT2D eigenvalue weighted by Crippen LogP contribution is -2.10. The molecular weight excluding hydrogens is 160 g/mol. The molecule has 0 radical (unpaired) electrons. The molecular formula is C11H16N2. The molecule has 2 nitrogen and oxygen atoms in total. The summed E-state index contributed by atoms with van der Waals surface area (Å²) in [6.45, 7) is 4.44. The van der Waals surface area contributed by atoms with Gasteiger partial charge in [-0.15, -0.1) is 0 Å². The van der Waals surface area contributed by atoms with E-state index < -0.39 is 0 Å². The molecule has 1 atom stereocenters. The van der Waals surface area contributed by atoms with Gasteiger partial charge >= 0.3 is 0 Å².